The van der Waals surface area contributed by atoms with Crippen molar-refractivity contribution in [1.82, 2.24) is 4.90 Å². The molecule has 0 aliphatic carbocycles. The van der Waals surface area contributed by atoms with Crippen molar-refractivity contribution in [2.75, 3.05) is 13.6 Å². The molecule has 16 heavy (non-hydrogen) atoms. The number of carbonyl (C=O) groups is 1. The van der Waals surface area contributed by atoms with Gasteiger partial charge < -0.3 is 10.6 Å². The van der Waals surface area contributed by atoms with E-state index in [4.69, 9.17) is 18.0 Å². The molecule has 1 aromatic rings. The Morgan fingerprint density at radius 2 is 1.94 bits per heavy atom. The molecule has 1 rings (SSSR count). The number of nitrogens with two attached hydrogens (primary N) is 1. The van der Waals surface area contributed by atoms with Gasteiger partial charge >= 0.3 is 0 Å². The number of likely N-dealkylation sites (N-methyl/N-ethyl adjacent to an activating group) is 1. The first-order chi connectivity index (χ1) is 7.54. The molecule has 0 unspecified atom stereocenters. The minimum atomic E-state index is 0.116. The Bertz CT molecular complexity index is 387. The maximum Gasteiger partial charge on any atom is 0.226 e. The molecular weight excluding hydrogens is 220 g/mol. The largest absolute Gasteiger partial charge is 0.389 e. The lowest BCUT2D eigenvalue weighted by Gasteiger charge is -2.14. The van der Waals surface area contributed by atoms with Gasteiger partial charge in [-0.3, -0.25) is 4.79 Å². The molecule has 0 saturated carbocycles. The predicted molar refractivity (Wildman–Crippen MR) is 69.3 cm³/mol. The fourth-order valence-corrected chi connectivity index (χ4v) is 1.41. The quantitative estimate of drug-likeness (QED) is 0.803. The number of benzene rings is 1. The lowest BCUT2D eigenvalue weighted by Crippen LogP contribution is -2.27. The molecule has 0 saturated heterocycles. The second-order valence-corrected chi connectivity index (χ2v) is 4.09. The summed E-state index contributed by atoms with van der Waals surface area (Å²) in [5, 5.41) is 0. The van der Waals surface area contributed by atoms with E-state index in [2.05, 4.69) is 0 Å². The minimum Gasteiger partial charge on any atom is -0.389 e. The van der Waals surface area contributed by atoms with Crippen molar-refractivity contribution in [3.05, 3.63) is 35.4 Å². The lowest BCUT2D eigenvalue weighted by atomic mass is 10.1. The molecule has 0 spiro atoms. The average Bonchev–Trinajstić information content (AvgIpc) is 2.28. The van der Waals surface area contributed by atoms with Crippen LogP contribution >= 0.6 is 12.2 Å². The molecule has 0 aliphatic rings. The van der Waals surface area contributed by atoms with Gasteiger partial charge in [-0.05, 0) is 12.5 Å². The van der Waals surface area contributed by atoms with Gasteiger partial charge in [-0.25, -0.2) is 0 Å². The highest BCUT2D eigenvalue weighted by Gasteiger charge is 2.07. The maximum absolute atomic E-state index is 11.6. The van der Waals surface area contributed by atoms with Gasteiger partial charge in [-0.1, -0.05) is 36.5 Å². The molecular formula is C12H16N2OS. The van der Waals surface area contributed by atoms with Crippen molar-refractivity contribution in [1.29, 1.82) is 0 Å². The fraction of sp³-hybridized carbons (Fsp3) is 0.333. The Kier molecular flexibility index (Phi) is 4.43. The van der Waals surface area contributed by atoms with Crippen LogP contribution in [0.15, 0.2) is 24.3 Å². The summed E-state index contributed by atoms with van der Waals surface area (Å²) in [6.45, 7) is 2.68. The zero-order chi connectivity index (χ0) is 12.1. The molecule has 0 atom stereocenters. The van der Waals surface area contributed by atoms with Gasteiger partial charge in [-0.15, -0.1) is 0 Å². The highest BCUT2D eigenvalue weighted by atomic mass is 32.1. The number of nitrogens with zero attached hydrogens (tertiary/aromatic N) is 1. The number of hydrogen-bond donors (Lipinski definition) is 1. The molecule has 0 radical (unpaired) electrons. The van der Waals surface area contributed by atoms with Gasteiger partial charge in [-0.2, -0.15) is 0 Å². The van der Waals surface area contributed by atoms with E-state index >= 15 is 0 Å². The van der Waals surface area contributed by atoms with Crippen LogP contribution < -0.4 is 5.73 Å². The highest BCUT2D eigenvalue weighted by molar-refractivity contribution is 7.80. The highest BCUT2D eigenvalue weighted by Crippen LogP contribution is 2.06. The zero-order valence-corrected chi connectivity index (χ0v) is 10.4. The third-order valence-corrected chi connectivity index (χ3v) is 2.73. The van der Waals surface area contributed by atoms with Crippen LogP contribution in [0.3, 0.4) is 0 Å². The average molecular weight is 236 g/mol. The van der Waals surface area contributed by atoms with Crippen LogP contribution in [-0.2, 0) is 11.2 Å². The number of amides is 1. The minimum absolute atomic E-state index is 0.116. The Hall–Kier alpha value is -1.42. The first kappa shape index (κ1) is 12.6. The van der Waals surface area contributed by atoms with Gasteiger partial charge in [0, 0.05) is 19.2 Å². The second-order valence-electron chi connectivity index (χ2n) is 3.65. The van der Waals surface area contributed by atoms with Crippen LogP contribution in [0.1, 0.15) is 18.1 Å². The van der Waals surface area contributed by atoms with E-state index in [1.807, 2.05) is 31.2 Å². The van der Waals surface area contributed by atoms with E-state index in [-0.39, 0.29) is 5.91 Å². The third-order valence-electron chi connectivity index (χ3n) is 2.49. The van der Waals surface area contributed by atoms with Crippen molar-refractivity contribution >= 4 is 23.1 Å². The van der Waals surface area contributed by atoms with Crippen LogP contribution in [-0.4, -0.2) is 29.4 Å². The van der Waals surface area contributed by atoms with Gasteiger partial charge in [0.25, 0.3) is 0 Å². The SMILES string of the molecule is CCN(C)C(=O)Cc1ccc(C(N)=S)cc1. The van der Waals surface area contributed by atoms with E-state index in [9.17, 15) is 4.79 Å². The Morgan fingerprint density at radius 1 is 1.38 bits per heavy atom. The van der Waals surface area contributed by atoms with E-state index in [1.54, 1.807) is 11.9 Å². The molecule has 1 amide bonds. The molecule has 2 N–H and O–H groups in total. The second kappa shape index (κ2) is 5.61. The van der Waals surface area contributed by atoms with Crippen LogP contribution in [0.25, 0.3) is 0 Å². The molecule has 0 heterocycles. The van der Waals surface area contributed by atoms with E-state index in [1.165, 1.54) is 0 Å². The smallest absolute Gasteiger partial charge is 0.226 e. The van der Waals surface area contributed by atoms with Crippen molar-refractivity contribution in [3.63, 3.8) is 0 Å². The Balaban J connectivity index is 2.69. The summed E-state index contributed by atoms with van der Waals surface area (Å²) in [7, 11) is 1.80. The van der Waals surface area contributed by atoms with Gasteiger partial charge in [0.05, 0.1) is 6.42 Å². The van der Waals surface area contributed by atoms with Gasteiger partial charge in [0.15, 0.2) is 0 Å². The maximum atomic E-state index is 11.6. The van der Waals surface area contributed by atoms with Crippen molar-refractivity contribution in [3.8, 4) is 0 Å². The molecule has 0 aliphatic heterocycles. The summed E-state index contributed by atoms with van der Waals surface area (Å²) in [5.41, 5.74) is 7.30. The monoisotopic (exact) mass is 236 g/mol. The molecule has 3 nitrogen and oxygen atoms in total. The summed E-state index contributed by atoms with van der Waals surface area (Å²) in [6, 6.07) is 7.46. The first-order valence-corrected chi connectivity index (χ1v) is 5.58. The Labute approximate surface area is 101 Å². The van der Waals surface area contributed by atoms with Crippen LogP contribution in [0, 0.1) is 0 Å². The number of rotatable bonds is 4. The number of carbonyl (C=O) groups excluding carboxylic acids is 1. The molecule has 86 valence electrons. The molecule has 0 aromatic heterocycles. The summed E-state index contributed by atoms with van der Waals surface area (Å²) < 4.78 is 0. The van der Waals surface area contributed by atoms with Gasteiger partial charge in [0.2, 0.25) is 5.91 Å². The third kappa shape index (κ3) is 3.31. The standard InChI is InChI=1S/C12H16N2OS/c1-3-14(2)11(15)8-9-4-6-10(7-5-9)12(13)16/h4-7H,3,8H2,1-2H3,(H2,13,16). The van der Waals surface area contributed by atoms with Crippen molar-refractivity contribution in [2.24, 2.45) is 5.73 Å². The molecule has 1 aromatic carbocycles. The van der Waals surface area contributed by atoms with E-state index in [0.717, 1.165) is 17.7 Å². The summed E-state index contributed by atoms with van der Waals surface area (Å²) in [5.74, 6) is 0.116. The fourth-order valence-electron chi connectivity index (χ4n) is 1.27. The molecule has 4 heteroatoms. The predicted octanol–water partition coefficient (Wildman–Crippen LogP) is 1.34. The van der Waals surface area contributed by atoms with Crippen LogP contribution in [0.4, 0.5) is 0 Å². The lowest BCUT2D eigenvalue weighted by molar-refractivity contribution is -0.128. The zero-order valence-electron chi connectivity index (χ0n) is 9.56. The van der Waals surface area contributed by atoms with Crippen molar-refractivity contribution in [2.45, 2.75) is 13.3 Å². The summed E-state index contributed by atoms with van der Waals surface area (Å²) in [4.78, 5) is 13.7. The van der Waals surface area contributed by atoms with E-state index in [0.29, 0.717) is 11.4 Å². The number of thiocarbonyl (C=S) groups is 1. The Morgan fingerprint density at radius 3 is 2.38 bits per heavy atom. The number of hydrogen-bond acceptors (Lipinski definition) is 2. The molecule has 0 bridgehead atoms. The van der Waals surface area contributed by atoms with Crippen LogP contribution in [0.5, 0.6) is 0 Å². The normalized spacial score (nSPS) is 9.88. The van der Waals surface area contributed by atoms with Crippen LogP contribution in [0.2, 0.25) is 0 Å². The van der Waals surface area contributed by atoms with Crippen molar-refractivity contribution < 1.29 is 4.79 Å². The summed E-state index contributed by atoms with van der Waals surface area (Å²) >= 11 is 4.86. The first-order valence-electron chi connectivity index (χ1n) is 5.17. The van der Waals surface area contributed by atoms with Gasteiger partial charge in [0.1, 0.15) is 4.99 Å². The van der Waals surface area contributed by atoms with E-state index < -0.39 is 0 Å². The molecule has 0 fully saturated rings. The topological polar surface area (TPSA) is 46.3 Å². The summed E-state index contributed by atoms with van der Waals surface area (Å²) in [6.07, 6.45) is 0.419.